The van der Waals surface area contributed by atoms with Crippen LogP contribution in [0.2, 0.25) is 0 Å². The third kappa shape index (κ3) is 3.26. The van der Waals surface area contributed by atoms with Crippen molar-refractivity contribution in [3.63, 3.8) is 0 Å². The predicted octanol–water partition coefficient (Wildman–Crippen LogP) is 1.79. The van der Waals surface area contributed by atoms with Crippen molar-refractivity contribution < 1.29 is 8.42 Å². The Labute approximate surface area is 100 Å². The normalized spacial score (nSPS) is 10.9. The van der Waals surface area contributed by atoms with Gasteiger partial charge in [0.15, 0.2) is 5.03 Å². The highest BCUT2D eigenvalue weighted by molar-refractivity contribution is 8.13. The van der Waals surface area contributed by atoms with Crippen LogP contribution in [0.4, 0.5) is 0 Å². The first kappa shape index (κ1) is 13.1. The molecule has 1 rings (SSSR count). The average Bonchev–Trinajstić information content (AvgIpc) is 2.58. The van der Waals surface area contributed by atoms with Crippen LogP contribution in [-0.4, -0.2) is 18.0 Å². The molecule has 0 radical (unpaired) electrons. The molecule has 0 unspecified atom stereocenters. The standard InChI is InChI=1S/C10H13ClN2O2S/c1-3-5-7-13-8-10(16(11,14)15)12-9(13)6-4-2/h8H,4,6-7H2,1-2H3. The molecule has 0 aliphatic rings. The van der Waals surface area contributed by atoms with Crippen LogP contribution in [0.5, 0.6) is 0 Å². The first-order chi connectivity index (χ1) is 7.49. The first-order valence-corrected chi connectivity index (χ1v) is 7.20. The molecule has 0 N–H and O–H groups in total. The zero-order valence-corrected chi connectivity index (χ0v) is 10.8. The van der Waals surface area contributed by atoms with E-state index in [0.717, 1.165) is 6.42 Å². The number of halogens is 1. The smallest absolute Gasteiger partial charge is 0.280 e. The van der Waals surface area contributed by atoms with Gasteiger partial charge < -0.3 is 4.57 Å². The molecule has 0 spiro atoms. The van der Waals surface area contributed by atoms with E-state index in [9.17, 15) is 8.42 Å². The summed E-state index contributed by atoms with van der Waals surface area (Å²) in [5.41, 5.74) is 0. The second kappa shape index (κ2) is 5.37. The molecule has 16 heavy (non-hydrogen) atoms. The van der Waals surface area contributed by atoms with Gasteiger partial charge >= 0.3 is 0 Å². The van der Waals surface area contributed by atoms with Crippen molar-refractivity contribution in [2.24, 2.45) is 0 Å². The van der Waals surface area contributed by atoms with Gasteiger partial charge in [-0.2, -0.15) is 0 Å². The van der Waals surface area contributed by atoms with E-state index in [1.54, 1.807) is 11.5 Å². The highest BCUT2D eigenvalue weighted by Crippen LogP contribution is 2.15. The minimum Gasteiger partial charge on any atom is -0.322 e. The largest absolute Gasteiger partial charge is 0.322 e. The van der Waals surface area contributed by atoms with Crippen molar-refractivity contribution in [1.29, 1.82) is 0 Å². The van der Waals surface area contributed by atoms with Crippen LogP contribution in [0.1, 0.15) is 26.1 Å². The van der Waals surface area contributed by atoms with Crippen molar-refractivity contribution in [3.05, 3.63) is 12.0 Å². The van der Waals surface area contributed by atoms with Gasteiger partial charge in [0.2, 0.25) is 0 Å². The number of nitrogens with zero attached hydrogens (tertiary/aromatic N) is 2. The van der Waals surface area contributed by atoms with Crippen molar-refractivity contribution in [2.45, 2.75) is 38.3 Å². The minimum atomic E-state index is -3.76. The van der Waals surface area contributed by atoms with Gasteiger partial charge in [0.25, 0.3) is 9.05 Å². The molecule has 0 atom stereocenters. The van der Waals surface area contributed by atoms with Gasteiger partial charge in [-0.3, -0.25) is 0 Å². The lowest BCUT2D eigenvalue weighted by Gasteiger charge is -2.00. The molecule has 0 amide bonds. The Kier molecular flexibility index (Phi) is 4.39. The van der Waals surface area contributed by atoms with Crippen LogP contribution in [0.3, 0.4) is 0 Å². The molecule has 1 aromatic rings. The zero-order valence-electron chi connectivity index (χ0n) is 9.20. The number of imidazole rings is 1. The van der Waals surface area contributed by atoms with Crippen LogP contribution >= 0.6 is 10.7 Å². The van der Waals surface area contributed by atoms with E-state index < -0.39 is 9.05 Å². The third-order valence-electron chi connectivity index (χ3n) is 1.99. The van der Waals surface area contributed by atoms with Gasteiger partial charge in [0.1, 0.15) is 5.82 Å². The van der Waals surface area contributed by atoms with E-state index in [2.05, 4.69) is 16.8 Å². The molecule has 1 heterocycles. The monoisotopic (exact) mass is 260 g/mol. The number of aromatic nitrogens is 2. The van der Waals surface area contributed by atoms with Crippen molar-refractivity contribution >= 4 is 19.7 Å². The summed E-state index contributed by atoms with van der Waals surface area (Å²) in [4.78, 5) is 4.00. The SMILES string of the molecule is CC#CCn1cc(S(=O)(=O)Cl)nc1CCC. The van der Waals surface area contributed by atoms with E-state index in [0.29, 0.717) is 18.8 Å². The summed E-state index contributed by atoms with van der Waals surface area (Å²) in [6.45, 7) is 4.17. The van der Waals surface area contributed by atoms with Crippen LogP contribution in [0.25, 0.3) is 0 Å². The molecule has 0 aromatic carbocycles. The fourth-order valence-electron chi connectivity index (χ4n) is 1.27. The number of aryl methyl sites for hydroxylation is 1. The summed E-state index contributed by atoms with van der Waals surface area (Å²) < 4.78 is 24.0. The number of hydrogen-bond acceptors (Lipinski definition) is 3. The van der Waals surface area contributed by atoms with Gasteiger partial charge in [-0.15, -0.1) is 5.92 Å². The van der Waals surface area contributed by atoms with Crippen molar-refractivity contribution in [2.75, 3.05) is 0 Å². The molecule has 6 heteroatoms. The van der Waals surface area contributed by atoms with Crippen LogP contribution in [0, 0.1) is 11.8 Å². The lowest BCUT2D eigenvalue weighted by molar-refractivity contribution is 0.606. The summed E-state index contributed by atoms with van der Waals surface area (Å²) in [7, 11) is 1.48. The molecular weight excluding hydrogens is 248 g/mol. The van der Waals surface area contributed by atoms with E-state index >= 15 is 0 Å². The van der Waals surface area contributed by atoms with Gasteiger partial charge in [-0.1, -0.05) is 12.8 Å². The Morgan fingerprint density at radius 3 is 2.75 bits per heavy atom. The summed E-state index contributed by atoms with van der Waals surface area (Å²) in [5, 5.41) is -0.101. The van der Waals surface area contributed by atoms with Crippen LogP contribution in [-0.2, 0) is 22.0 Å². The maximum absolute atomic E-state index is 11.1. The van der Waals surface area contributed by atoms with E-state index in [-0.39, 0.29) is 5.03 Å². The number of rotatable bonds is 4. The molecule has 0 aliphatic carbocycles. The average molecular weight is 261 g/mol. The van der Waals surface area contributed by atoms with Crippen molar-refractivity contribution in [1.82, 2.24) is 9.55 Å². The number of hydrogen-bond donors (Lipinski definition) is 0. The zero-order chi connectivity index (χ0) is 12.2. The molecular formula is C10H13ClN2O2S. The maximum Gasteiger partial charge on any atom is 0.280 e. The topological polar surface area (TPSA) is 52.0 Å². The lowest BCUT2D eigenvalue weighted by Crippen LogP contribution is -2.01. The Bertz CT molecular complexity index is 523. The lowest BCUT2D eigenvalue weighted by atomic mass is 10.3. The summed E-state index contributed by atoms with van der Waals surface area (Å²) in [6.07, 6.45) is 3.02. The summed E-state index contributed by atoms with van der Waals surface area (Å²) in [6, 6.07) is 0. The highest BCUT2D eigenvalue weighted by atomic mass is 35.7. The van der Waals surface area contributed by atoms with Gasteiger partial charge in [0.05, 0.1) is 6.54 Å². The first-order valence-electron chi connectivity index (χ1n) is 4.89. The van der Waals surface area contributed by atoms with E-state index in [1.807, 2.05) is 6.92 Å². The predicted molar refractivity (Wildman–Crippen MR) is 62.7 cm³/mol. The van der Waals surface area contributed by atoms with E-state index in [4.69, 9.17) is 10.7 Å². The fraction of sp³-hybridized carbons (Fsp3) is 0.500. The second-order valence-electron chi connectivity index (χ2n) is 3.24. The van der Waals surface area contributed by atoms with Gasteiger partial charge in [-0.05, 0) is 13.3 Å². The molecule has 0 fully saturated rings. The molecule has 88 valence electrons. The fourth-order valence-corrected chi connectivity index (χ4v) is 1.96. The highest BCUT2D eigenvalue weighted by Gasteiger charge is 2.16. The quantitative estimate of drug-likeness (QED) is 0.613. The maximum atomic E-state index is 11.1. The van der Waals surface area contributed by atoms with Crippen LogP contribution in [0.15, 0.2) is 11.2 Å². The Morgan fingerprint density at radius 2 is 2.25 bits per heavy atom. The Morgan fingerprint density at radius 1 is 1.56 bits per heavy atom. The molecule has 0 saturated heterocycles. The Balaban J connectivity index is 3.12. The summed E-state index contributed by atoms with van der Waals surface area (Å²) in [5.74, 6) is 6.31. The molecule has 0 aliphatic heterocycles. The molecule has 4 nitrogen and oxygen atoms in total. The Hall–Kier alpha value is -0.990. The van der Waals surface area contributed by atoms with Gasteiger partial charge in [-0.25, -0.2) is 13.4 Å². The summed E-state index contributed by atoms with van der Waals surface area (Å²) >= 11 is 0. The van der Waals surface area contributed by atoms with Crippen molar-refractivity contribution in [3.8, 4) is 11.8 Å². The molecule has 1 aromatic heterocycles. The molecule has 0 saturated carbocycles. The van der Waals surface area contributed by atoms with Gasteiger partial charge in [0, 0.05) is 23.3 Å². The molecule has 0 bridgehead atoms. The minimum absolute atomic E-state index is 0.101. The second-order valence-corrected chi connectivity index (χ2v) is 5.75. The van der Waals surface area contributed by atoms with Crippen LogP contribution < -0.4 is 0 Å². The third-order valence-corrected chi connectivity index (χ3v) is 3.16. The van der Waals surface area contributed by atoms with E-state index in [1.165, 1.54) is 6.20 Å².